The molecule has 0 unspecified atom stereocenters. The molecule has 0 heterocycles. The Labute approximate surface area is 151 Å². The Morgan fingerprint density at radius 3 is 2.36 bits per heavy atom. The van der Waals surface area contributed by atoms with Crippen LogP contribution in [0.4, 0.5) is 13.2 Å². The Morgan fingerprint density at radius 1 is 1.04 bits per heavy atom. The molecule has 3 nitrogen and oxygen atoms in total. The summed E-state index contributed by atoms with van der Waals surface area (Å²) in [6.07, 6.45) is 8.11. The highest BCUT2D eigenvalue weighted by Gasteiger charge is 2.21. The molecule has 1 rings (SSSR count). The Bertz CT molecular complexity index is 648. The fraction of sp³-hybridized carbons (Fsp3) is 0.444. The number of benzene rings is 1. The molecule has 0 atom stereocenters. The van der Waals surface area contributed by atoms with Gasteiger partial charge in [-0.25, -0.2) is 13.2 Å². The standard InChI is InChI=1S/C18H22F3NO2S/c1-2-3-4-5-6-7-10-22-15(24)9-8-14(23)16-12(19)11-13(20)18(25)17(16)21/h8-9,11,25H,2-7,10H2,1H3,(H,22,24). The Kier molecular flexibility index (Phi) is 9.34. The van der Waals surface area contributed by atoms with Crippen LogP contribution in [0.1, 0.15) is 55.8 Å². The molecule has 0 radical (unpaired) electrons. The monoisotopic (exact) mass is 373 g/mol. The van der Waals surface area contributed by atoms with Crippen LogP contribution in [0.2, 0.25) is 0 Å². The number of rotatable bonds is 10. The molecule has 0 saturated heterocycles. The summed E-state index contributed by atoms with van der Waals surface area (Å²) in [6, 6.07) is 0.380. The fourth-order valence-electron chi connectivity index (χ4n) is 2.22. The number of amides is 1. The molecular formula is C18H22F3NO2S. The average molecular weight is 373 g/mol. The smallest absolute Gasteiger partial charge is 0.244 e. The highest BCUT2D eigenvalue weighted by molar-refractivity contribution is 7.80. The van der Waals surface area contributed by atoms with Gasteiger partial charge in [-0.3, -0.25) is 9.59 Å². The maximum atomic E-state index is 13.8. The first-order chi connectivity index (χ1) is 11.9. The zero-order valence-corrected chi connectivity index (χ0v) is 15.0. The van der Waals surface area contributed by atoms with Crippen LogP contribution in [0.5, 0.6) is 0 Å². The molecule has 1 aromatic rings. The van der Waals surface area contributed by atoms with Crippen molar-refractivity contribution in [3.8, 4) is 0 Å². The van der Waals surface area contributed by atoms with Crippen LogP contribution in [-0.2, 0) is 4.79 Å². The zero-order chi connectivity index (χ0) is 18.8. The molecule has 0 saturated carbocycles. The van der Waals surface area contributed by atoms with Crippen molar-refractivity contribution in [2.45, 2.75) is 50.3 Å². The zero-order valence-electron chi connectivity index (χ0n) is 14.1. The van der Waals surface area contributed by atoms with Crippen molar-refractivity contribution in [2.24, 2.45) is 0 Å². The van der Waals surface area contributed by atoms with Gasteiger partial charge in [0.25, 0.3) is 0 Å². The number of unbranched alkanes of at least 4 members (excludes halogenated alkanes) is 5. The van der Waals surface area contributed by atoms with E-state index in [1.54, 1.807) is 0 Å². The third kappa shape index (κ3) is 6.94. The van der Waals surface area contributed by atoms with Gasteiger partial charge in [-0.15, -0.1) is 12.6 Å². The maximum Gasteiger partial charge on any atom is 0.244 e. The van der Waals surface area contributed by atoms with Gasteiger partial charge in [-0.05, 0) is 12.5 Å². The second-order valence-corrected chi connectivity index (χ2v) is 6.08. The number of hydrogen-bond acceptors (Lipinski definition) is 3. The summed E-state index contributed by atoms with van der Waals surface area (Å²) in [6.45, 7) is 2.60. The number of carbonyl (C=O) groups is 2. The number of ketones is 1. The van der Waals surface area contributed by atoms with Crippen molar-refractivity contribution in [3.63, 3.8) is 0 Å². The van der Waals surface area contributed by atoms with E-state index in [1.807, 2.05) is 0 Å². The quantitative estimate of drug-likeness (QED) is 0.272. The van der Waals surface area contributed by atoms with E-state index in [0.29, 0.717) is 12.6 Å². The van der Waals surface area contributed by atoms with E-state index >= 15 is 0 Å². The summed E-state index contributed by atoms with van der Waals surface area (Å²) < 4.78 is 40.5. The SMILES string of the molecule is CCCCCCCCNC(=O)C=CC(=O)c1c(F)cc(F)c(S)c1F. The average Bonchev–Trinajstić information content (AvgIpc) is 2.57. The second-order valence-electron chi connectivity index (χ2n) is 5.63. The highest BCUT2D eigenvalue weighted by atomic mass is 32.1. The van der Waals surface area contributed by atoms with Gasteiger partial charge < -0.3 is 5.32 Å². The number of halogens is 3. The minimum absolute atomic E-state index is 0.380. The van der Waals surface area contributed by atoms with E-state index in [2.05, 4.69) is 24.9 Å². The minimum atomic E-state index is -1.39. The number of allylic oxidation sites excluding steroid dienone is 1. The summed E-state index contributed by atoms with van der Waals surface area (Å²) in [4.78, 5) is 22.7. The van der Waals surface area contributed by atoms with Gasteiger partial charge in [0.05, 0.1) is 10.5 Å². The normalized spacial score (nSPS) is 11.1. The van der Waals surface area contributed by atoms with Crippen LogP contribution in [-0.4, -0.2) is 18.2 Å². The van der Waals surface area contributed by atoms with Gasteiger partial charge in [-0.1, -0.05) is 39.0 Å². The molecule has 0 bridgehead atoms. The molecule has 0 aliphatic rings. The first kappa shape index (κ1) is 21.3. The lowest BCUT2D eigenvalue weighted by Crippen LogP contribution is -2.22. The third-order valence-corrected chi connectivity index (χ3v) is 4.02. The molecule has 1 amide bonds. The molecule has 0 aliphatic heterocycles. The maximum absolute atomic E-state index is 13.8. The Hall–Kier alpha value is -1.76. The number of nitrogens with one attached hydrogen (secondary N) is 1. The molecule has 0 aliphatic carbocycles. The van der Waals surface area contributed by atoms with Crippen LogP contribution in [0.15, 0.2) is 23.1 Å². The minimum Gasteiger partial charge on any atom is -0.353 e. The van der Waals surface area contributed by atoms with Crippen molar-refractivity contribution in [1.29, 1.82) is 0 Å². The summed E-state index contributed by atoms with van der Waals surface area (Å²) in [5.41, 5.74) is -0.939. The number of carbonyl (C=O) groups excluding carboxylic acids is 2. The van der Waals surface area contributed by atoms with Crippen LogP contribution in [0.3, 0.4) is 0 Å². The summed E-state index contributed by atoms with van der Waals surface area (Å²) in [7, 11) is 0. The topological polar surface area (TPSA) is 46.2 Å². The summed E-state index contributed by atoms with van der Waals surface area (Å²) in [5, 5.41) is 2.59. The first-order valence-electron chi connectivity index (χ1n) is 8.25. The van der Waals surface area contributed by atoms with Gasteiger partial charge in [0, 0.05) is 18.7 Å². The molecule has 25 heavy (non-hydrogen) atoms. The van der Waals surface area contributed by atoms with Crippen molar-refractivity contribution >= 4 is 24.3 Å². The predicted octanol–water partition coefficient (Wildman–Crippen LogP) is 4.61. The Balaban J connectivity index is 2.49. The van der Waals surface area contributed by atoms with Crippen molar-refractivity contribution < 1.29 is 22.8 Å². The van der Waals surface area contributed by atoms with Gasteiger partial charge >= 0.3 is 0 Å². The highest BCUT2D eigenvalue weighted by Crippen LogP contribution is 2.23. The molecule has 138 valence electrons. The second kappa shape index (κ2) is 11.0. The predicted molar refractivity (Wildman–Crippen MR) is 93.4 cm³/mol. The van der Waals surface area contributed by atoms with E-state index in [1.165, 1.54) is 19.3 Å². The van der Waals surface area contributed by atoms with Crippen molar-refractivity contribution in [2.75, 3.05) is 6.54 Å². The van der Waals surface area contributed by atoms with E-state index in [0.717, 1.165) is 31.4 Å². The van der Waals surface area contributed by atoms with Gasteiger partial charge in [-0.2, -0.15) is 0 Å². The molecular weight excluding hydrogens is 351 g/mol. The molecule has 0 aromatic heterocycles. The van der Waals surface area contributed by atoms with Crippen molar-refractivity contribution in [1.82, 2.24) is 5.32 Å². The van der Waals surface area contributed by atoms with Crippen LogP contribution >= 0.6 is 12.6 Å². The van der Waals surface area contributed by atoms with E-state index in [4.69, 9.17) is 0 Å². The number of thiol groups is 1. The van der Waals surface area contributed by atoms with Crippen LogP contribution in [0.25, 0.3) is 0 Å². The molecule has 0 spiro atoms. The lowest BCUT2D eigenvalue weighted by atomic mass is 10.1. The molecule has 0 fully saturated rings. The van der Waals surface area contributed by atoms with Gasteiger partial charge in [0.15, 0.2) is 11.6 Å². The largest absolute Gasteiger partial charge is 0.353 e. The van der Waals surface area contributed by atoms with E-state index in [-0.39, 0.29) is 0 Å². The first-order valence-corrected chi connectivity index (χ1v) is 8.69. The molecule has 1 aromatic carbocycles. The lowest BCUT2D eigenvalue weighted by Gasteiger charge is -2.05. The lowest BCUT2D eigenvalue weighted by molar-refractivity contribution is -0.116. The molecule has 1 N–H and O–H groups in total. The summed E-state index contributed by atoms with van der Waals surface area (Å²) >= 11 is 3.55. The number of hydrogen-bond donors (Lipinski definition) is 2. The van der Waals surface area contributed by atoms with Crippen LogP contribution < -0.4 is 5.32 Å². The van der Waals surface area contributed by atoms with Gasteiger partial charge in [0.2, 0.25) is 5.91 Å². The molecule has 7 heteroatoms. The Morgan fingerprint density at radius 2 is 1.68 bits per heavy atom. The summed E-state index contributed by atoms with van der Waals surface area (Å²) in [5.74, 6) is -5.52. The van der Waals surface area contributed by atoms with Gasteiger partial charge in [0.1, 0.15) is 11.6 Å². The third-order valence-electron chi connectivity index (χ3n) is 3.61. The van der Waals surface area contributed by atoms with E-state index < -0.39 is 39.6 Å². The van der Waals surface area contributed by atoms with Crippen molar-refractivity contribution in [3.05, 3.63) is 41.2 Å². The van der Waals surface area contributed by atoms with E-state index in [9.17, 15) is 22.8 Å². The fourth-order valence-corrected chi connectivity index (χ4v) is 2.39. The van der Waals surface area contributed by atoms with Crippen LogP contribution in [0, 0.1) is 17.5 Å².